The molecule has 0 aliphatic carbocycles. The van der Waals surface area contributed by atoms with Gasteiger partial charge in [0.15, 0.2) is 0 Å². The van der Waals surface area contributed by atoms with E-state index in [-0.39, 0.29) is 6.03 Å². The standard InChI is InChI=1S/C19H23N3O/c1-14-8-7-9-15(2)18(14)20-19(23)22-12-17(13-22)21(3)16-10-5-4-6-11-16/h4-11,17H,12-13H2,1-3H3,(H,20,23). The molecule has 2 aromatic carbocycles. The number of carbonyl (C=O) groups is 1. The number of hydrogen-bond acceptors (Lipinski definition) is 2. The van der Waals surface area contributed by atoms with Crippen LogP contribution in [0.15, 0.2) is 48.5 Å². The summed E-state index contributed by atoms with van der Waals surface area (Å²) in [5, 5.41) is 3.05. The first-order chi connectivity index (χ1) is 11.1. The van der Waals surface area contributed by atoms with Crippen molar-refractivity contribution in [3.05, 3.63) is 59.7 Å². The molecule has 4 nitrogen and oxygen atoms in total. The first-order valence-electron chi connectivity index (χ1n) is 7.96. The van der Waals surface area contributed by atoms with Crippen LogP contribution < -0.4 is 10.2 Å². The lowest BCUT2D eigenvalue weighted by atomic mass is 10.1. The van der Waals surface area contributed by atoms with Gasteiger partial charge in [-0.25, -0.2) is 4.79 Å². The lowest BCUT2D eigenvalue weighted by Crippen LogP contribution is -2.61. The van der Waals surface area contributed by atoms with Crippen molar-refractivity contribution < 1.29 is 4.79 Å². The topological polar surface area (TPSA) is 35.6 Å². The zero-order chi connectivity index (χ0) is 16.4. The largest absolute Gasteiger partial charge is 0.368 e. The van der Waals surface area contributed by atoms with Crippen molar-refractivity contribution in [3.8, 4) is 0 Å². The molecule has 4 heteroatoms. The molecule has 3 rings (SSSR count). The van der Waals surface area contributed by atoms with Gasteiger partial charge in [-0.05, 0) is 37.1 Å². The van der Waals surface area contributed by atoms with Gasteiger partial charge in [-0.1, -0.05) is 36.4 Å². The van der Waals surface area contributed by atoms with E-state index in [4.69, 9.17) is 0 Å². The maximum atomic E-state index is 12.4. The fraction of sp³-hybridized carbons (Fsp3) is 0.316. The highest BCUT2D eigenvalue weighted by Gasteiger charge is 2.33. The van der Waals surface area contributed by atoms with Crippen LogP contribution in [0.3, 0.4) is 0 Å². The molecule has 2 aromatic rings. The Morgan fingerprint density at radius 1 is 1.04 bits per heavy atom. The van der Waals surface area contributed by atoms with E-state index < -0.39 is 0 Å². The first kappa shape index (κ1) is 15.4. The Labute approximate surface area is 137 Å². The van der Waals surface area contributed by atoms with Crippen LogP contribution in [-0.2, 0) is 0 Å². The van der Waals surface area contributed by atoms with E-state index >= 15 is 0 Å². The SMILES string of the molecule is Cc1cccc(C)c1NC(=O)N1CC(N(C)c2ccccc2)C1. The Kier molecular flexibility index (Phi) is 4.24. The van der Waals surface area contributed by atoms with Gasteiger partial charge < -0.3 is 15.1 Å². The van der Waals surface area contributed by atoms with Crippen molar-refractivity contribution in [1.82, 2.24) is 4.90 Å². The smallest absolute Gasteiger partial charge is 0.322 e. The maximum Gasteiger partial charge on any atom is 0.322 e. The van der Waals surface area contributed by atoms with Crippen LogP contribution >= 0.6 is 0 Å². The number of urea groups is 1. The molecule has 1 aliphatic rings. The Balaban J connectivity index is 1.58. The number of likely N-dealkylation sites (N-methyl/N-ethyl adjacent to an activating group) is 1. The molecule has 0 saturated carbocycles. The van der Waals surface area contributed by atoms with E-state index in [1.54, 1.807) is 0 Å². The van der Waals surface area contributed by atoms with E-state index in [0.29, 0.717) is 6.04 Å². The number of carbonyl (C=O) groups excluding carboxylic acids is 1. The van der Waals surface area contributed by atoms with E-state index in [9.17, 15) is 4.79 Å². The lowest BCUT2D eigenvalue weighted by Gasteiger charge is -2.44. The van der Waals surface area contributed by atoms with Crippen LogP contribution in [0.2, 0.25) is 0 Å². The number of anilines is 2. The quantitative estimate of drug-likeness (QED) is 0.939. The highest BCUT2D eigenvalue weighted by molar-refractivity contribution is 5.91. The summed E-state index contributed by atoms with van der Waals surface area (Å²) in [4.78, 5) is 16.5. The third-order valence-electron chi connectivity index (χ3n) is 4.57. The van der Waals surface area contributed by atoms with Crippen LogP contribution in [-0.4, -0.2) is 37.1 Å². The van der Waals surface area contributed by atoms with Crippen LogP contribution in [0, 0.1) is 13.8 Å². The summed E-state index contributed by atoms with van der Waals surface area (Å²) in [6, 6.07) is 16.7. The predicted molar refractivity (Wildman–Crippen MR) is 95.1 cm³/mol. The number of hydrogen-bond donors (Lipinski definition) is 1. The molecule has 23 heavy (non-hydrogen) atoms. The van der Waals surface area contributed by atoms with E-state index in [1.807, 2.05) is 55.1 Å². The number of para-hydroxylation sites is 2. The van der Waals surface area contributed by atoms with Gasteiger partial charge in [-0.15, -0.1) is 0 Å². The fourth-order valence-corrected chi connectivity index (χ4v) is 2.94. The Hall–Kier alpha value is -2.49. The summed E-state index contributed by atoms with van der Waals surface area (Å²) in [6.45, 7) is 5.54. The van der Waals surface area contributed by atoms with Crippen molar-refractivity contribution >= 4 is 17.4 Å². The van der Waals surface area contributed by atoms with Crippen molar-refractivity contribution in [2.75, 3.05) is 30.4 Å². The molecule has 1 fully saturated rings. The van der Waals surface area contributed by atoms with Gasteiger partial charge in [-0.3, -0.25) is 0 Å². The van der Waals surface area contributed by atoms with Gasteiger partial charge in [-0.2, -0.15) is 0 Å². The predicted octanol–water partition coefficient (Wildman–Crippen LogP) is 3.66. The first-order valence-corrected chi connectivity index (χ1v) is 7.96. The van der Waals surface area contributed by atoms with Gasteiger partial charge in [0.05, 0.1) is 6.04 Å². The number of amides is 2. The summed E-state index contributed by atoms with van der Waals surface area (Å²) < 4.78 is 0. The zero-order valence-electron chi connectivity index (χ0n) is 13.9. The highest BCUT2D eigenvalue weighted by Crippen LogP contribution is 2.24. The molecular weight excluding hydrogens is 286 g/mol. The highest BCUT2D eigenvalue weighted by atomic mass is 16.2. The number of aryl methyl sites for hydroxylation is 2. The molecule has 0 atom stereocenters. The molecule has 0 bridgehead atoms. The fourth-order valence-electron chi connectivity index (χ4n) is 2.94. The third-order valence-corrected chi connectivity index (χ3v) is 4.57. The minimum absolute atomic E-state index is 0.0138. The molecule has 0 spiro atoms. The Morgan fingerprint density at radius 2 is 1.65 bits per heavy atom. The molecule has 1 saturated heterocycles. The molecule has 1 N–H and O–H groups in total. The summed E-state index contributed by atoms with van der Waals surface area (Å²) in [5.41, 5.74) is 4.30. The Morgan fingerprint density at radius 3 is 2.26 bits per heavy atom. The van der Waals surface area contributed by atoms with Crippen LogP contribution in [0.25, 0.3) is 0 Å². The number of likely N-dealkylation sites (tertiary alicyclic amines) is 1. The van der Waals surface area contributed by atoms with E-state index in [2.05, 4.69) is 29.4 Å². The number of nitrogens with one attached hydrogen (secondary N) is 1. The van der Waals surface area contributed by atoms with Gasteiger partial charge >= 0.3 is 6.03 Å². The molecule has 120 valence electrons. The average Bonchev–Trinajstić information content (AvgIpc) is 2.50. The number of rotatable bonds is 3. The average molecular weight is 309 g/mol. The van der Waals surface area contributed by atoms with Crippen molar-refractivity contribution in [1.29, 1.82) is 0 Å². The van der Waals surface area contributed by atoms with Crippen molar-refractivity contribution in [3.63, 3.8) is 0 Å². The molecule has 1 aliphatic heterocycles. The molecule has 1 heterocycles. The van der Waals surface area contributed by atoms with Crippen molar-refractivity contribution in [2.45, 2.75) is 19.9 Å². The van der Waals surface area contributed by atoms with Gasteiger partial charge in [0, 0.05) is 31.5 Å². The number of benzene rings is 2. The minimum atomic E-state index is -0.0138. The zero-order valence-corrected chi connectivity index (χ0v) is 13.9. The third kappa shape index (κ3) is 3.16. The Bertz CT molecular complexity index is 673. The molecular formula is C19H23N3O. The monoisotopic (exact) mass is 309 g/mol. The molecule has 0 unspecified atom stereocenters. The van der Waals surface area contributed by atoms with Crippen LogP contribution in [0.1, 0.15) is 11.1 Å². The van der Waals surface area contributed by atoms with Crippen LogP contribution in [0.4, 0.5) is 16.2 Å². The number of nitrogens with zero attached hydrogens (tertiary/aromatic N) is 2. The van der Waals surface area contributed by atoms with E-state index in [0.717, 1.165) is 29.9 Å². The maximum absolute atomic E-state index is 12.4. The van der Waals surface area contributed by atoms with Gasteiger partial charge in [0.25, 0.3) is 0 Å². The second-order valence-electron chi connectivity index (χ2n) is 6.20. The van der Waals surface area contributed by atoms with Gasteiger partial charge in [0.1, 0.15) is 0 Å². The summed E-state index contributed by atoms with van der Waals surface area (Å²) in [6.07, 6.45) is 0. The normalized spacial score (nSPS) is 14.3. The lowest BCUT2D eigenvalue weighted by molar-refractivity contribution is 0.163. The van der Waals surface area contributed by atoms with E-state index in [1.165, 1.54) is 5.69 Å². The minimum Gasteiger partial charge on any atom is -0.368 e. The van der Waals surface area contributed by atoms with Crippen molar-refractivity contribution in [2.24, 2.45) is 0 Å². The second-order valence-corrected chi connectivity index (χ2v) is 6.20. The summed E-state index contributed by atoms with van der Waals surface area (Å²) in [5.74, 6) is 0. The summed E-state index contributed by atoms with van der Waals surface area (Å²) in [7, 11) is 2.08. The summed E-state index contributed by atoms with van der Waals surface area (Å²) >= 11 is 0. The molecule has 0 radical (unpaired) electrons. The second kappa shape index (κ2) is 6.32. The van der Waals surface area contributed by atoms with Gasteiger partial charge in [0.2, 0.25) is 0 Å². The van der Waals surface area contributed by atoms with Crippen LogP contribution in [0.5, 0.6) is 0 Å². The molecule has 2 amide bonds. The molecule has 0 aromatic heterocycles.